The standard InChI is InChI=1S/C18H38.C12H22B11/c1-12(13(2)15(4)17(6,7)8)14(3)16(5)18(9,10)11;1-11(2,3)9(13)7(20-14)8(21(15)16)10(12(4,5)6)22(17)23(18)19/h12-16H,1-11H3;7-10H,1-6H3/t;7?,8-,9?,10?/m.0/s1. The molecule has 7 unspecified atom stereocenters. The lowest BCUT2D eigenvalue weighted by atomic mass is 8.83. The van der Waals surface area contributed by atoms with E-state index in [1.807, 2.05) is 0 Å². The van der Waals surface area contributed by atoms with E-state index in [9.17, 15) is 0 Å². The quantitative estimate of drug-likeness (QED) is 0.263. The highest BCUT2D eigenvalue weighted by atomic mass is 14.4. The molecule has 0 saturated carbocycles. The summed E-state index contributed by atoms with van der Waals surface area (Å²) < 4.78 is 0. The van der Waals surface area contributed by atoms with Gasteiger partial charge in [-0.3, -0.25) is 0 Å². The fraction of sp³-hybridized carbons (Fsp3) is 1.00. The SMILES string of the molecule is CC(C(C)C(C)C(C)(C)C)C(C)C(C)C(C)(C)C.[B][B]C(C([B])C(C)(C)C)[C@H](B([B])[B])C(B([B])B([B])[B])C(C)(C)C. The normalized spacial score (nSPS) is 19.6. The maximum Gasteiger partial charge on any atom is 0.0700 e. The van der Waals surface area contributed by atoms with Crippen LogP contribution in [0.1, 0.15) is 118 Å². The third kappa shape index (κ3) is 13.7. The van der Waals surface area contributed by atoms with E-state index in [1.54, 1.807) is 7.17 Å². The molecule has 41 heavy (non-hydrogen) atoms. The van der Waals surface area contributed by atoms with Gasteiger partial charge in [-0.05, 0) is 51.2 Å². The van der Waals surface area contributed by atoms with E-state index >= 15 is 0 Å². The molecule has 0 heterocycles. The van der Waals surface area contributed by atoms with Crippen molar-refractivity contribution in [1.82, 2.24) is 0 Å². The Bertz CT molecular complexity index is 690. The first kappa shape index (κ1) is 43.8. The van der Waals surface area contributed by atoms with Gasteiger partial charge in [0, 0.05) is 65.8 Å². The minimum absolute atomic E-state index is 0.138. The molecule has 0 fully saturated rings. The van der Waals surface area contributed by atoms with Crippen LogP contribution in [0.25, 0.3) is 0 Å². The molecule has 0 N–H and O–H groups in total. The Labute approximate surface area is 272 Å². The molecule has 8 atom stereocenters. The van der Waals surface area contributed by atoms with E-state index in [1.165, 1.54) is 0 Å². The van der Waals surface area contributed by atoms with Gasteiger partial charge in [0.05, 0.1) is 15.0 Å². The maximum absolute atomic E-state index is 6.48. The van der Waals surface area contributed by atoms with Crippen molar-refractivity contribution in [2.75, 3.05) is 0 Å². The van der Waals surface area contributed by atoms with Crippen molar-refractivity contribution in [2.45, 2.75) is 141 Å². The molecule has 11 heteroatoms. The van der Waals surface area contributed by atoms with Gasteiger partial charge in [0.1, 0.15) is 0 Å². The molecule has 0 spiro atoms. The van der Waals surface area contributed by atoms with Gasteiger partial charge in [-0.1, -0.05) is 141 Å². The van der Waals surface area contributed by atoms with Crippen LogP contribution in [0.2, 0.25) is 23.3 Å². The van der Waals surface area contributed by atoms with Gasteiger partial charge in [-0.2, -0.15) is 0 Å². The second-order valence-electron chi connectivity index (χ2n) is 17.7. The minimum Gasteiger partial charge on any atom is -0.0887 e. The Balaban J connectivity index is 0. The molecule has 0 aromatic rings. The molecule has 0 aliphatic heterocycles. The largest absolute Gasteiger partial charge is 0.0887 e. The summed E-state index contributed by atoms with van der Waals surface area (Å²) in [6.45, 7) is 37.8. The van der Waals surface area contributed by atoms with Crippen LogP contribution in [-0.2, 0) is 0 Å². The molecule has 0 rings (SSSR count). The molecule has 0 bridgehead atoms. The van der Waals surface area contributed by atoms with E-state index in [0.717, 1.165) is 29.6 Å². The third-order valence-corrected chi connectivity index (χ3v) is 10.8. The first-order valence-electron chi connectivity index (χ1n) is 16.0. The zero-order valence-electron chi connectivity index (χ0n) is 30.5. The second-order valence-corrected chi connectivity index (χ2v) is 17.7. The van der Waals surface area contributed by atoms with E-state index in [2.05, 4.69) is 118 Å². The highest BCUT2D eigenvalue weighted by Crippen LogP contribution is 2.54. The molecular formula is C30H60B11. The Kier molecular flexibility index (Phi) is 18.0. The van der Waals surface area contributed by atoms with E-state index < -0.39 is 19.4 Å². The third-order valence-electron chi connectivity index (χ3n) is 10.8. The molecule has 15 radical (unpaired) electrons. The van der Waals surface area contributed by atoms with Crippen molar-refractivity contribution < 1.29 is 0 Å². The zero-order valence-corrected chi connectivity index (χ0v) is 30.5. The number of hydrogen-bond donors (Lipinski definition) is 0. The molecule has 0 nitrogen and oxygen atoms in total. The van der Waals surface area contributed by atoms with Crippen molar-refractivity contribution in [2.24, 2.45) is 51.2 Å². The van der Waals surface area contributed by atoms with Gasteiger partial charge < -0.3 is 0 Å². The van der Waals surface area contributed by atoms with Crippen molar-refractivity contribution in [3.8, 4) is 0 Å². The summed E-state index contributed by atoms with van der Waals surface area (Å²) in [4.78, 5) is 0. The lowest BCUT2D eigenvalue weighted by Gasteiger charge is -2.51. The molecule has 0 aliphatic rings. The maximum atomic E-state index is 6.48. The highest BCUT2D eigenvalue weighted by Gasteiger charge is 2.44. The summed E-state index contributed by atoms with van der Waals surface area (Å²) in [5.74, 6) is 3.08. The molecule has 0 aromatic heterocycles. The summed E-state index contributed by atoms with van der Waals surface area (Å²) in [7, 11) is 44.4. The van der Waals surface area contributed by atoms with Crippen molar-refractivity contribution in [1.29, 1.82) is 0 Å². The monoisotopic (exact) mass is 542 g/mol. The average molecular weight is 540 g/mol. The lowest BCUT2D eigenvalue weighted by molar-refractivity contribution is 0.0689. The van der Waals surface area contributed by atoms with Crippen LogP contribution in [0, 0.1) is 51.2 Å². The Morgan fingerprint density at radius 3 is 1.07 bits per heavy atom. The van der Waals surface area contributed by atoms with Crippen LogP contribution in [0.3, 0.4) is 0 Å². The van der Waals surface area contributed by atoms with Gasteiger partial charge in [0.15, 0.2) is 0 Å². The van der Waals surface area contributed by atoms with Crippen LogP contribution in [0.5, 0.6) is 0 Å². The number of rotatable bonds is 11. The summed E-state index contributed by atoms with van der Waals surface area (Å²) in [5.41, 5.74) is 0.457. The van der Waals surface area contributed by atoms with Crippen LogP contribution in [-0.4, -0.2) is 80.8 Å². The summed E-state index contributed by atoms with van der Waals surface area (Å²) in [6.07, 6.45) is -0.676. The first-order valence-corrected chi connectivity index (χ1v) is 16.0. The fourth-order valence-corrected chi connectivity index (χ4v) is 6.42. The number of hydrogen-bond acceptors (Lipinski definition) is 0. The van der Waals surface area contributed by atoms with Crippen LogP contribution < -0.4 is 0 Å². The van der Waals surface area contributed by atoms with Gasteiger partial charge in [0.25, 0.3) is 0 Å². The van der Waals surface area contributed by atoms with Gasteiger partial charge >= 0.3 is 0 Å². The van der Waals surface area contributed by atoms with E-state index in [0.29, 0.717) is 10.8 Å². The molecule has 0 saturated heterocycles. The molecule has 213 valence electrons. The molecule has 0 aliphatic carbocycles. The molecule has 0 aromatic carbocycles. The van der Waals surface area contributed by atoms with Crippen molar-refractivity contribution >= 4 is 80.8 Å². The van der Waals surface area contributed by atoms with Crippen LogP contribution in [0.4, 0.5) is 0 Å². The summed E-state index contributed by atoms with van der Waals surface area (Å²) >= 11 is 0. The predicted molar refractivity (Wildman–Crippen MR) is 202 cm³/mol. The highest BCUT2D eigenvalue weighted by molar-refractivity contribution is 7.67. The average Bonchev–Trinajstić information content (AvgIpc) is 2.78. The topological polar surface area (TPSA) is 0 Å². The van der Waals surface area contributed by atoms with Crippen molar-refractivity contribution in [3.05, 3.63) is 0 Å². The lowest BCUT2D eigenvalue weighted by Crippen LogP contribution is -2.52. The van der Waals surface area contributed by atoms with Crippen LogP contribution >= 0.6 is 0 Å². The Hall–Kier alpha value is 0.714. The zero-order chi connectivity index (χ0) is 33.6. The first-order chi connectivity index (χ1) is 18.0. The van der Waals surface area contributed by atoms with Gasteiger partial charge in [-0.15, -0.1) is 0 Å². The smallest absolute Gasteiger partial charge is 0.0700 e. The Morgan fingerprint density at radius 2 is 0.878 bits per heavy atom. The van der Waals surface area contributed by atoms with E-state index in [4.69, 9.17) is 54.3 Å². The minimum atomic E-state index is -0.676. The van der Waals surface area contributed by atoms with Crippen molar-refractivity contribution in [3.63, 3.8) is 0 Å². The fourth-order valence-electron chi connectivity index (χ4n) is 6.42. The van der Waals surface area contributed by atoms with Gasteiger partial charge in [0.2, 0.25) is 0 Å². The summed E-state index contributed by atoms with van der Waals surface area (Å²) in [5, 5.41) is 0. The molecule has 0 amide bonds. The Morgan fingerprint density at radius 1 is 0.537 bits per heavy atom. The van der Waals surface area contributed by atoms with E-state index in [-0.39, 0.29) is 34.1 Å². The van der Waals surface area contributed by atoms with Crippen LogP contribution in [0.15, 0.2) is 0 Å². The van der Waals surface area contributed by atoms with Gasteiger partial charge in [-0.25, -0.2) is 0 Å². The summed E-state index contributed by atoms with van der Waals surface area (Å²) in [6, 6.07) is 0. The predicted octanol–water partition coefficient (Wildman–Crippen LogP) is 6.50. The molecular weight excluding hydrogens is 479 g/mol. The second kappa shape index (κ2) is 16.9.